The van der Waals surface area contributed by atoms with Crippen LogP contribution in [0, 0.1) is 11.8 Å². The van der Waals surface area contributed by atoms with Gasteiger partial charge >= 0.3 is 0 Å². The second-order valence-electron chi connectivity index (χ2n) is 6.20. The molecule has 3 N–H and O–H groups in total. The second-order valence-corrected chi connectivity index (χ2v) is 6.20. The Morgan fingerprint density at radius 2 is 2.12 bits per heavy atom. The topological polar surface area (TPSA) is 38.0 Å². The molecule has 0 aliphatic heterocycles. The van der Waals surface area contributed by atoms with Gasteiger partial charge in [0.25, 0.3) is 0 Å². The van der Waals surface area contributed by atoms with E-state index in [9.17, 15) is 0 Å². The van der Waals surface area contributed by atoms with E-state index in [0.29, 0.717) is 0 Å². The summed E-state index contributed by atoms with van der Waals surface area (Å²) in [5.41, 5.74) is 6.27. The van der Waals surface area contributed by atoms with Gasteiger partial charge in [-0.3, -0.25) is 0 Å². The van der Waals surface area contributed by atoms with Gasteiger partial charge in [0.1, 0.15) is 0 Å². The quantitative estimate of drug-likeness (QED) is 0.681. The fourth-order valence-corrected chi connectivity index (χ4v) is 3.23. The van der Waals surface area contributed by atoms with E-state index >= 15 is 0 Å². The molecule has 16 heavy (non-hydrogen) atoms. The molecule has 2 unspecified atom stereocenters. The van der Waals surface area contributed by atoms with Crippen molar-refractivity contribution in [3.05, 3.63) is 0 Å². The maximum atomic E-state index is 5.99. The number of rotatable bonds is 6. The third-order valence-corrected chi connectivity index (χ3v) is 4.47. The van der Waals surface area contributed by atoms with Crippen LogP contribution in [-0.2, 0) is 0 Å². The van der Waals surface area contributed by atoms with Crippen LogP contribution in [0.3, 0.4) is 0 Å². The summed E-state index contributed by atoms with van der Waals surface area (Å²) >= 11 is 0. The van der Waals surface area contributed by atoms with Gasteiger partial charge in [-0.1, -0.05) is 32.6 Å². The SMILES string of the molecule is CC1CCCC(CN)(NCCCC2CC2)C1. The van der Waals surface area contributed by atoms with Gasteiger partial charge in [-0.25, -0.2) is 0 Å². The van der Waals surface area contributed by atoms with Crippen LogP contribution in [0.2, 0.25) is 0 Å². The predicted octanol–water partition coefficient (Wildman–Crippen LogP) is 2.67. The molecule has 2 saturated carbocycles. The molecule has 0 heterocycles. The summed E-state index contributed by atoms with van der Waals surface area (Å²) in [6.07, 6.45) is 11.1. The van der Waals surface area contributed by atoms with E-state index in [2.05, 4.69) is 12.2 Å². The summed E-state index contributed by atoms with van der Waals surface area (Å²) < 4.78 is 0. The van der Waals surface area contributed by atoms with Gasteiger partial charge < -0.3 is 11.1 Å². The minimum atomic E-state index is 0.279. The Morgan fingerprint density at radius 1 is 1.31 bits per heavy atom. The van der Waals surface area contributed by atoms with Gasteiger partial charge in [0, 0.05) is 12.1 Å². The van der Waals surface area contributed by atoms with Crippen molar-refractivity contribution in [3.63, 3.8) is 0 Å². The van der Waals surface area contributed by atoms with Gasteiger partial charge in [0.15, 0.2) is 0 Å². The lowest BCUT2D eigenvalue weighted by atomic mass is 9.76. The molecule has 0 saturated heterocycles. The molecule has 2 aliphatic rings. The van der Waals surface area contributed by atoms with E-state index in [4.69, 9.17) is 5.73 Å². The average molecular weight is 224 g/mol. The molecule has 0 aromatic carbocycles. The van der Waals surface area contributed by atoms with Gasteiger partial charge in [-0.2, -0.15) is 0 Å². The molecule has 2 nitrogen and oxygen atoms in total. The zero-order chi connectivity index (χ0) is 11.4. The lowest BCUT2D eigenvalue weighted by Gasteiger charge is -2.40. The Labute approximate surface area is 100 Å². The first-order valence-electron chi connectivity index (χ1n) is 7.19. The summed E-state index contributed by atoms with van der Waals surface area (Å²) in [5, 5.41) is 3.77. The molecule has 2 atom stereocenters. The molecule has 2 heteroatoms. The first-order valence-corrected chi connectivity index (χ1v) is 7.19. The van der Waals surface area contributed by atoms with Crippen LogP contribution in [0.25, 0.3) is 0 Å². The van der Waals surface area contributed by atoms with Gasteiger partial charge in [-0.05, 0) is 44.1 Å². The predicted molar refractivity (Wildman–Crippen MR) is 69.4 cm³/mol. The molecule has 0 aromatic rings. The number of hydrogen-bond donors (Lipinski definition) is 2. The Kier molecular flexibility index (Phi) is 4.26. The van der Waals surface area contributed by atoms with Crippen LogP contribution < -0.4 is 11.1 Å². The highest BCUT2D eigenvalue weighted by Crippen LogP contribution is 2.34. The van der Waals surface area contributed by atoms with Crippen molar-refractivity contribution < 1.29 is 0 Å². The van der Waals surface area contributed by atoms with Crippen LogP contribution >= 0.6 is 0 Å². The average Bonchev–Trinajstić information content (AvgIpc) is 3.08. The zero-order valence-electron chi connectivity index (χ0n) is 10.8. The zero-order valence-corrected chi connectivity index (χ0v) is 10.8. The van der Waals surface area contributed by atoms with Crippen LogP contribution in [0.5, 0.6) is 0 Å². The van der Waals surface area contributed by atoms with Crippen LogP contribution in [0.4, 0.5) is 0 Å². The molecule has 2 rings (SSSR count). The molecule has 2 aliphatic carbocycles. The molecular weight excluding hydrogens is 196 g/mol. The highest BCUT2D eigenvalue weighted by Gasteiger charge is 2.33. The van der Waals surface area contributed by atoms with E-state index in [1.807, 2.05) is 0 Å². The van der Waals surface area contributed by atoms with E-state index in [0.717, 1.165) is 18.4 Å². The summed E-state index contributed by atoms with van der Waals surface area (Å²) in [5.74, 6) is 1.93. The van der Waals surface area contributed by atoms with Crippen molar-refractivity contribution in [1.29, 1.82) is 0 Å². The molecule has 2 fully saturated rings. The highest BCUT2D eigenvalue weighted by atomic mass is 15.0. The van der Waals surface area contributed by atoms with Gasteiger partial charge in [-0.15, -0.1) is 0 Å². The Hall–Kier alpha value is -0.0800. The fraction of sp³-hybridized carbons (Fsp3) is 1.00. The number of hydrogen-bond acceptors (Lipinski definition) is 2. The van der Waals surface area contributed by atoms with Crippen LogP contribution in [0.15, 0.2) is 0 Å². The molecule has 0 amide bonds. The van der Waals surface area contributed by atoms with Crippen molar-refractivity contribution in [1.82, 2.24) is 5.32 Å². The van der Waals surface area contributed by atoms with Crippen LogP contribution in [0.1, 0.15) is 58.3 Å². The first-order chi connectivity index (χ1) is 7.74. The summed E-state index contributed by atoms with van der Waals surface area (Å²) in [4.78, 5) is 0. The van der Waals surface area contributed by atoms with E-state index < -0.39 is 0 Å². The maximum Gasteiger partial charge on any atom is 0.0306 e. The summed E-state index contributed by atoms with van der Waals surface area (Å²) in [6, 6.07) is 0. The smallest absolute Gasteiger partial charge is 0.0306 e. The van der Waals surface area contributed by atoms with Crippen molar-refractivity contribution in [2.75, 3.05) is 13.1 Å². The third-order valence-electron chi connectivity index (χ3n) is 4.47. The number of nitrogens with one attached hydrogen (secondary N) is 1. The standard InChI is InChI=1S/C14H28N2/c1-12-4-2-8-14(10-12,11-15)16-9-3-5-13-6-7-13/h12-13,16H,2-11,15H2,1H3. The second kappa shape index (κ2) is 5.50. The van der Waals surface area contributed by atoms with E-state index in [-0.39, 0.29) is 5.54 Å². The normalized spacial score (nSPS) is 35.2. The van der Waals surface area contributed by atoms with E-state index in [1.54, 1.807) is 0 Å². The summed E-state index contributed by atoms with van der Waals surface area (Å²) in [6.45, 7) is 4.37. The molecule has 0 bridgehead atoms. The van der Waals surface area contributed by atoms with Gasteiger partial charge in [0.2, 0.25) is 0 Å². The Morgan fingerprint density at radius 3 is 2.75 bits per heavy atom. The fourth-order valence-electron chi connectivity index (χ4n) is 3.23. The minimum Gasteiger partial charge on any atom is -0.329 e. The number of nitrogens with two attached hydrogens (primary N) is 1. The van der Waals surface area contributed by atoms with Crippen molar-refractivity contribution >= 4 is 0 Å². The lowest BCUT2D eigenvalue weighted by Crippen LogP contribution is -2.54. The van der Waals surface area contributed by atoms with Gasteiger partial charge in [0.05, 0.1) is 0 Å². The maximum absolute atomic E-state index is 5.99. The Balaban J connectivity index is 1.69. The Bertz CT molecular complexity index is 213. The largest absolute Gasteiger partial charge is 0.329 e. The molecule has 94 valence electrons. The van der Waals surface area contributed by atoms with Crippen molar-refractivity contribution in [3.8, 4) is 0 Å². The van der Waals surface area contributed by atoms with Crippen molar-refractivity contribution in [2.45, 2.75) is 63.8 Å². The minimum absolute atomic E-state index is 0.279. The lowest BCUT2D eigenvalue weighted by molar-refractivity contribution is 0.193. The monoisotopic (exact) mass is 224 g/mol. The molecular formula is C14H28N2. The third kappa shape index (κ3) is 3.46. The molecule has 0 aromatic heterocycles. The summed E-state index contributed by atoms with van der Waals surface area (Å²) in [7, 11) is 0. The highest BCUT2D eigenvalue weighted by molar-refractivity contribution is 4.93. The van der Waals surface area contributed by atoms with Crippen molar-refractivity contribution in [2.24, 2.45) is 17.6 Å². The van der Waals surface area contributed by atoms with Crippen LogP contribution in [-0.4, -0.2) is 18.6 Å². The van der Waals surface area contributed by atoms with E-state index in [1.165, 1.54) is 57.9 Å². The molecule has 0 radical (unpaired) electrons. The molecule has 0 spiro atoms. The first kappa shape index (κ1) is 12.4.